The highest BCUT2D eigenvalue weighted by molar-refractivity contribution is 6.08. The number of para-hydroxylation sites is 1. The Hall–Kier alpha value is -2.81. The summed E-state index contributed by atoms with van der Waals surface area (Å²) < 4.78 is 5.38. The maximum atomic E-state index is 12.0. The predicted octanol–water partition coefficient (Wildman–Crippen LogP) is 3.85. The molecule has 0 unspecified atom stereocenters. The maximum Gasteiger partial charge on any atom is 0.189 e. The monoisotopic (exact) mass is 280 g/mol. The highest BCUT2D eigenvalue weighted by atomic mass is 16.5. The zero-order valence-electron chi connectivity index (χ0n) is 11.5. The van der Waals surface area contributed by atoms with Gasteiger partial charge in [-0.15, -0.1) is 0 Å². The lowest BCUT2D eigenvalue weighted by atomic mass is 10.1. The predicted molar refractivity (Wildman–Crippen MR) is 83.6 cm³/mol. The van der Waals surface area contributed by atoms with Crippen LogP contribution in [0.5, 0.6) is 11.5 Å². The molecule has 106 valence electrons. The molecule has 2 aromatic carbocycles. The summed E-state index contributed by atoms with van der Waals surface area (Å²) in [6.07, 6.45) is 4.82. The van der Waals surface area contributed by atoms with Crippen molar-refractivity contribution in [1.29, 1.82) is 0 Å². The van der Waals surface area contributed by atoms with Gasteiger partial charge in [0.15, 0.2) is 5.78 Å². The SMILES string of the molecule is C=CCOc1ccc(/C=C/C(=O)c2ccccc2O)cc1. The zero-order chi connectivity index (χ0) is 15.1. The molecule has 3 nitrogen and oxygen atoms in total. The summed E-state index contributed by atoms with van der Waals surface area (Å²) >= 11 is 0. The fraction of sp³-hybridized carbons (Fsp3) is 0.0556. The number of rotatable bonds is 6. The minimum atomic E-state index is -0.236. The third kappa shape index (κ3) is 4.08. The van der Waals surface area contributed by atoms with E-state index in [9.17, 15) is 9.90 Å². The summed E-state index contributed by atoms with van der Waals surface area (Å²) in [7, 11) is 0. The molecule has 0 aliphatic carbocycles. The van der Waals surface area contributed by atoms with Crippen molar-refractivity contribution in [1.82, 2.24) is 0 Å². The van der Waals surface area contributed by atoms with Crippen molar-refractivity contribution in [2.75, 3.05) is 6.61 Å². The highest BCUT2D eigenvalue weighted by Crippen LogP contribution is 2.18. The van der Waals surface area contributed by atoms with Crippen LogP contribution in [0.2, 0.25) is 0 Å². The van der Waals surface area contributed by atoms with Crippen LogP contribution in [-0.2, 0) is 0 Å². The van der Waals surface area contributed by atoms with Crippen molar-refractivity contribution >= 4 is 11.9 Å². The number of carbonyl (C=O) groups is 1. The van der Waals surface area contributed by atoms with Gasteiger partial charge >= 0.3 is 0 Å². The van der Waals surface area contributed by atoms with Crippen molar-refractivity contribution in [2.45, 2.75) is 0 Å². The molecule has 0 spiro atoms. The average Bonchev–Trinajstić information content (AvgIpc) is 2.52. The number of hydrogen-bond acceptors (Lipinski definition) is 3. The first-order valence-corrected chi connectivity index (χ1v) is 6.55. The summed E-state index contributed by atoms with van der Waals surface area (Å²) in [6, 6.07) is 13.8. The third-order valence-corrected chi connectivity index (χ3v) is 2.84. The van der Waals surface area contributed by atoms with Crippen LogP contribution in [0.1, 0.15) is 15.9 Å². The second-order valence-electron chi connectivity index (χ2n) is 4.38. The number of carbonyl (C=O) groups excluding carboxylic acids is 1. The number of ketones is 1. The Morgan fingerprint density at radius 3 is 2.52 bits per heavy atom. The first kappa shape index (κ1) is 14.6. The van der Waals surface area contributed by atoms with Crippen LogP contribution in [0, 0.1) is 0 Å². The van der Waals surface area contributed by atoms with E-state index >= 15 is 0 Å². The van der Waals surface area contributed by atoms with Gasteiger partial charge in [-0.3, -0.25) is 4.79 Å². The van der Waals surface area contributed by atoms with Crippen LogP contribution in [0.3, 0.4) is 0 Å². The van der Waals surface area contributed by atoms with Gasteiger partial charge in [-0.1, -0.05) is 43.0 Å². The number of aromatic hydroxyl groups is 1. The number of phenols is 1. The fourth-order valence-electron chi connectivity index (χ4n) is 1.77. The van der Waals surface area contributed by atoms with Gasteiger partial charge < -0.3 is 9.84 Å². The minimum Gasteiger partial charge on any atom is -0.507 e. The quantitative estimate of drug-likeness (QED) is 0.496. The molecule has 2 rings (SSSR count). The Morgan fingerprint density at radius 2 is 1.86 bits per heavy atom. The standard InChI is InChI=1S/C18H16O3/c1-2-13-21-15-10-7-14(8-11-15)9-12-18(20)16-5-3-4-6-17(16)19/h2-12,19H,1,13H2/b12-9+. The molecule has 0 saturated carbocycles. The van der Waals surface area contributed by atoms with E-state index < -0.39 is 0 Å². The van der Waals surface area contributed by atoms with Crippen molar-refractivity contribution in [3.63, 3.8) is 0 Å². The fourth-order valence-corrected chi connectivity index (χ4v) is 1.77. The van der Waals surface area contributed by atoms with E-state index in [2.05, 4.69) is 6.58 Å². The lowest BCUT2D eigenvalue weighted by Gasteiger charge is -2.03. The summed E-state index contributed by atoms with van der Waals surface area (Å²) in [4.78, 5) is 12.0. The molecule has 1 N–H and O–H groups in total. The van der Waals surface area contributed by atoms with E-state index in [-0.39, 0.29) is 11.5 Å². The molecule has 0 aliphatic rings. The second kappa shape index (κ2) is 7.10. The molecule has 0 saturated heterocycles. The van der Waals surface area contributed by atoms with Gasteiger partial charge in [-0.25, -0.2) is 0 Å². The number of benzene rings is 2. The Bertz CT molecular complexity index is 654. The van der Waals surface area contributed by atoms with Crippen molar-refractivity contribution < 1.29 is 14.6 Å². The molecular weight excluding hydrogens is 264 g/mol. The van der Waals surface area contributed by atoms with Crippen molar-refractivity contribution in [3.8, 4) is 11.5 Å². The Balaban J connectivity index is 2.05. The lowest BCUT2D eigenvalue weighted by molar-refractivity contribution is 0.104. The Kier molecular flexibility index (Phi) is 4.94. The van der Waals surface area contributed by atoms with Crippen LogP contribution in [0.4, 0.5) is 0 Å². The first-order valence-electron chi connectivity index (χ1n) is 6.55. The summed E-state index contributed by atoms with van der Waals surface area (Å²) in [6.45, 7) is 4.04. The summed E-state index contributed by atoms with van der Waals surface area (Å²) in [5.41, 5.74) is 1.17. The van der Waals surface area contributed by atoms with Gasteiger partial charge in [0.2, 0.25) is 0 Å². The van der Waals surface area contributed by atoms with Gasteiger partial charge in [0, 0.05) is 0 Å². The van der Waals surface area contributed by atoms with Gasteiger partial charge in [0.1, 0.15) is 18.1 Å². The number of ether oxygens (including phenoxy) is 1. The molecule has 0 radical (unpaired) electrons. The Morgan fingerprint density at radius 1 is 1.14 bits per heavy atom. The average molecular weight is 280 g/mol. The van der Waals surface area contributed by atoms with Crippen molar-refractivity contribution in [3.05, 3.63) is 78.4 Å². The molecule has 0 atom stereocenters. The van der Waals surface area contributed by atoms with E-state index in [1.54, 1.807) is 30.4 Å². The zero-order valence-corrected chi connectivity index (χ0v) is 11.5. The van der Waals surface area contributed by atoms with Gasteiger partial charge in [-0.2, -0.15) is 0 Å². The van der Waals surface area contributed by atoms with Crippen LogP contribution in [-0.4, -0.2) is 17.5 Å². The number of hydrogen-bond donors (Lipinski definition) is 1. The summed E-state index contributed by atoms with van der Waals surface area (Å²) in [5, 5.41) is 9.62. The first-order chi connectivity index (χ1) is 10.2. The van der Waals surface area contributed by atoms with E-state index in [4.69, 9.17) is 4.74 Å². The van der Waals surface area contributed by atoms with Crippen molar-refractivity contribution in [2.24, 2.45) is 0 Å². The normalized spacial score (nSPS) is 10.5. The molecule has 21 heavy (non-hydrogen) atoms. The lowest BCUT2D eigenvalue weighted by Crippen LogP contribution is -1.94. The third-order valence-electron chi connectivity index (χ3n) is 2.84. The van der Waals surface area contributed by atoms with Crippen LogP contribution >= 0.6 is 0 Å². The second-order valence-corrected chi connectivity index (χ2v) is 4.38. The largest absolute Gasteiger partial charge is 0.507 e. The topological polar surface area (TPSA) is 46.5 Å². The van der Waals surface area contributed by atoms with Crippen LogP contribution in [0.15, 0.2) is 67.3 Å². The van der Waals surface area contributed by atoms with E-state index in [1.165, 1.54) is 12.1 Å². The molecule has 0 fully saturated rings. The molecule has 0 heterocycles. The molecule has 0 bridgehead atoms. The van der Waals surface area contributed by atoms with Gasteiger partial charge in [0.05, 0.1) is 5.56 Å². The van der Waals surface area contributed by atoms with Gasteiger partial charge in [0.25, 0.3) is 0 Å². The molecular formula is C18H16O3. The number of phenolic OH excluding ortho intramolecular Hbond substituents is 1. The minimum absolute atomic E-state index is 0.0136. The molecule has 0 amide bonds. The van der Waals surface area contributed by atoms with E-state index in [0.717, 1.165) is 11.3 Å². The molecule has 0 aromatic heterocycles. The molecule has 0 aliphatic heterocycles. The number of allylic oxidation sites excluding steroid dienone is 1. The maximum absolute atomic E-state index is 12.0. The van der Waals surface area contributed by atoms with Crippen LogP contribution < -0.4 is 4.74 Å². The smallest absolute Gasteiger partial charge is 0.189 e. The molecule has 3 heteroatoms. The van der Waals surface area contributed by atoms with E-state index in [1.807, 2.05) is 24.3 Å². The highest BCUT2D eigenvalue weighted by Gasteiger charge is 2.06. The van der Waals surface area contributed by atoms with Gasteiger partial charge in [-0.05, 0) is 35.9 Å². The molecule has 2 aromatic rings. The Labute approximate surface area is 123 Å². The van der Waals surface area contributed by atoms with E-state index in [0.29, 0.717) is 12.2 Å². The van der Waals surface area contributed by atoms with Crippen LogP contribution in [0.25, 0.3) is 6.08 Å². The summed E-state index contributed by atoms with van der Waals surface area (Å²) in [5.74, 6) is 0.500.